The Morgan fingerprint density at radius 3 is 2.36 bits per heavy atom. The van der Waals surface area contributed by atoms with Crippen molar-refractivity contribution in [2.24, 2.45) is 0 Å². The predicted molar refractivity (Wildman–Crippen MR) is 106 cm³/mol. The third kappa shape index (κ3) is 6.84. The van der Waals surface area contributed by atoms with Gasteiger partial charge in [0.2, 0.25) is 0 Å². The molecular weight excluding hydrogens is 359 g/mol. The maximum atomic E-state index is 6.02. The van der Waals surface area contributed by atoms with Crippen LogP contribution in [0.5, 0.6) is 11.5 Å². The van der Waals surface area contributed by atoms with E-state index in [1.165, 1.54) is 0 Å². The van der Waals surface area contributed by atoms with Gasteiger partial charge in [-0.1, -0.05) is 30.3 Å². The van der Waals surface area contributed by atoms with E-state index in [4.69, 9.17) is 9.47 Å². The number of rotatable bonds is 6. The second-order valence-electron chi connectivity index (χ2n) is 5.76. The molecule has 0 saturated carbocycles. The number of piperazine rings is 1. The molecule has 4 nitrogen and oxygen atoms in total. The minimum atomic E-state index is 0. The fourth-order valence-electron chi connectivity index (χ4n) is 2.69. The standard InChI is InChI=1S/C19H24N2O2.2ClH/c1-16(21-12-10-20-11-13-21)22-15-17-6-5-9-19(14-17)23-18-7-3-2-4-8-18;;/h2-9,14,16,20H,10-13,15H2,1H3;2*1H. The maximum Gasteiger partial charge on any atom is 0.127 e. The molecule has 6 heteroatoms. The van der Waals surface area contributed by atoms with Crippen LogP contribution in [0, 0.1) is 0 Å². The van der Waals surface area contributed by atoms with Gasteiger partial charge in [0.1, 0.15) is 17.7 Å². The molecule has 0 bridgehead atoms. The van der Waals surface area contributed by atoms with Crippen LogP contribution in [-0.4, -0.2) is 37.3 Å². The van der Waals surface area contributed by atoms with E-state index in [-0.39, 0.29) is 31.0 Å². The summed E-state index contributed by atoms with van der Waals surface area (Å²) in [4.78, 5) is 2.36. The second kappa shape index (κ2) is 11.3. The highest BCUT2D eigenvalue weighted by Gasteiger charge is 2.16. The predicted octanol–water partition coefficient (Wildman–Crippen LogP) is 4.09. The maximum absolute atomic E-state index is 6.02. The number of benzene rings is 2. The summed E-state index contributed by atoms with van der Waals surface area (Å²) in [6.07, 6.45) is 0.135. The number of halogens is 2. The van der Waals surface area contributed by atoms with Gasteiger partial charge in [0.25, 0.3) is 0 Å². The molecule has 0 spiro atoms. The number of hydrogen-bond acceptors (Lipinski definition) is 4. The van der Waals surface area contributed by atoms with Crippen LogP contribution < -0.4 is 10.1 Å². The summed E-state index contributed by atoms with van der Waals surface area (Å²) in [7, 11) is 0. The van der Waals surface area contributed by atoms with Crippen molar-refractivity contribution < 1.29 is 9.47 Å². The molecule has 25 heavy (non-hydrogen) atoms. The number of hydrogen-bond donors (Lipinski definition) is 1. The quantitative estimate of drug-likeness (QED) is 0.812. The van der Waals surface area contributed by atoms with E-state index in [1.807, 2.05) is 48.5 Å². The monoisotopic (exact) mass is 384 g/mol. The van der Waals surface area contributed by atoms with Crippen molar-refractivity contribution in [3.8, 4) is 11.5 Å². The molecule has 0 radical (unpaired) electrons. The first-order valence-corrected chi connectivity index (χ1v) is 8.19. The highest BCUT2D eigenvalue weighted by molar-refractivity contribution is 5.85. The van der Waals surface area contributed by atoms with Gasteiger partial charge < -0.3 is 14.8 Å². The summed E-state index contributed by atoms with van der Waals surface area (Å²) in [5.41, 5.74) is 1.13. The third-order valence-electron chi connectivity index (χ3n) is 4.03. The van der Waals surface area contributed by atoms with Gasteiger partial charge in [-0.25, -0.2) is 0 Å². The van der Waals surface area contributed by atoms with E-state index in [0.717, 1.165) is 43.2 Å². The summed E-state index contributed by atoms with van der Waals surface area (Å²) in [5.74, 6) is 1.69. The highest BCUT2D eigenvalue weighted by Crippen LogP contribution is 2.22. The molecule has 2 aromatic carbocycles. The lowest BCUT2D eigenvalue weighted by molar-refractivity contribution is -0.0608. The van der Waals surface area contributed by atoms with Gasteiger partial charge in [-0.3, -0.25) is 4.90 Å². The highest BCUT2D eigenvalue weighted by atomic mass is 35.5. The fraction of sp³-hybridized carbons (Fsp3) is 0.368. The molecule has 138 valence electrons. The van der Waals surface area contributed by atoms with E-state index in [2.05, 4.69) is 23.2 Å². The Hall–Kier alpha value is -1.30. The first-order chi connectivity index (χ1) is 11.3. The third-order valence-corrected chi connectivity index (χ3v) is 4.03. The Morgan fingerprint density at radius 2 is 1.64 bits per heavy atom. The summed E-state index contributed by atoms with van der Waals surface area (Å²) in [6, 6.07) is 17.9. The zero-order valence-electron chi connectivity index (χ0n) is 14.4. The largest absolute Gasteiger partial charge is 0.457 e. The van der Waals surface area contributed by atoms with Crippen LogP contribution in [-0.2, 0) is 11.3 Å². The van der Waals surface area contributed by atoms with E-state index < -0.39 is 0 Å². The Kier molecular flexibility index (Phi) is 9.86. The van der Waals surface area contributed by atoms with Crippen molar-refractivity contribution in [2.75, 3.05) is 26.2 Å². The van der Waals surface area contributed by atoms with Crippen molar-refractivity contribution in [1.82, 2.24) is 10.2 Å². The number of nitrogens with one attached hydrogen (secondary N) is 1. The van der Waals surface area contributed by atoms with E-state index in [1.54, 1.807) is 0 Å². The Labute approximate surface area is 162 Å². The van der Waals surface area contributed by atoms with Crippen molar-refractivity contribution in [3.05, 3.63) is 60.2 Å². The molecule has 1 N–H and O–H groups in total. The number of nitrogens with zero attached hydrogens (tertiary/aromatic N) is 1. The van der Waals surface area contributed by atoms with Crippen LogP contribution in [0.2, 0.25) is 0 Å². The molecule has 1 saturated heterocycles. The van der Waals surface area contributed by atoms with E-state index >= 15 is 0 Å². The molecule has 1 atom stereocenters. The lowest BCUT2D eigenvalue weighted by Crippen LogP contribution is -2.48. The van der Waals surface area contributed by atoms with Crippen LogP contribution >= 0.6 is 24.8 Å². The topological polar surface area (TPSA) is 33.7 Å². The lowest BCUT2D eigenvalue weighted by Gasteiger charge is -2.32. The Bertz CT molecular complexity index is 607. The van der Waals surface area contributed by atoms with E-state index in [9.17, 15) is 0 Å². The van der Waals surface area contributed by atoms with Gasteiger partial charge in [0, 0.05) is 26.2 Å². The number of para-hydroxylation sites is 1. The van der Waals surface area contributed by atoms with Crippen LogP contribution in [0.1, 0.15) is 12.5 Å². The van der Waals surface area contributed by atoms with Gasteiger partial charge in [-0.2, -0.15) is 0 Å². The van der Waals surface area contributed by atoms with Gasteiger partial charge in [-0.15, -0.1) is 24.8 Å². The molecular formula is C19H26Cl2N2O2. The van der Waals surface area contributed by atoms with Gasteiger partial charge in [0.15, 0.2) is 0 Å². The van der Waals surface area contributed by atoms with Crippen LogP contribution in [0.25, 0.3) is 0 Å². The Balaban J connectivity index is 0.00000156. The van der Waals surface area contributed by atoms with Crippen LogP contribution in [0.3, 0.4) is 0 Å². The van der Waals surface area contributed by atoms with Crippen molar-refractivity contribution in [1.29, 1.82) is 0 Å². The minimum Gasteiger partial charge on any atom is -0.457 e. The van der Waals surface area contributed by atoms with Crippen LogP contribution in [0.4, 0.5) is 0 Å². The molecule has 1 aliphatic rings. The van der Waals surface area contributed by atoms with Crippen molar-refractivity contribution in [2.45, 2.75) is 19.8 Å². The molecule has 0 amide bonds. The summed E-state index contributed by atoms with van der Waals surface area (Å²) in [5, 5.41) is 3.36. The van der Waals surface area contributed by atoms with Gasteiger partial charge in [0.05, 0.1) is 6.61 Å². The zero-order valence-corrected chi connectivity index (χ0v) is 16.0. The zero-order chi connectivity index (χ0) is 15.9. The molecule has 1 fully saturated rings. The first kappa shape index (κ1) is 21.7. The molecule has 2 aromatic rings. The lowest BCUT2D eigenvalue weighted by atomic mass is 10.2. The molecule has 3 rings (SSSR count). The summed E-state index contributed by atoms with van der Waals surface area (Å²) in [6.45, 7) is 6.87. The van der Waals surface area contributed by atoms with E-state index in [0.29, 0.717) is 6.61 Å². The van der Waals surface area contributed by atoms with Crippen molar-refractivity contribution >= 4 is 24.8 Å². The molecule has 0 aliphatic carbocycles. The fourth-order valence-corrected chi connectivity index (χ4v) is 2.69. The van der Waals surface area contributed by atoms with Crippen molar-refractivity contribution in [3.63, 3.8) is 0 Å². The SMILES string of the molecule is CC(OCc1cccc(Oc2ccccc2)c1)N1CCNCC1.Cl.Cl. The number of ether oxygens (including phenoxy) is 2. The molecule has 1 aliphatic heterocycles. The minimum absolute atomic E-state index is 0. The summed E-state index contributed by atoms with van der Waals surface area (Å²) >= 11 is 0. The average molecular weight is 385 g/mol. The van der Waals surface area contributed by atoms with Gasteiger partial charge in [-0.05, 0) is 36.8 Å². The first-order valence-electron chi connectivity index (χ1n) is 8.19. The molecule has 1 heterocycles. The van der Waals surface area contributed by atoms with Crippen LogP contribution in [0.15, 0.2) is 54.6 Å². The second-order valence-corrected chi connectivity index (χ2v) is 5.76. The van der Waals surface area contributed by atoms with Gasteiger partial charge >= 0.3 is 0 Å². The molecule has 0 aromatic heterocycles. The summed E-state index contributed by atoms with van der Waals surface area (Å²) < 4.78 is 11.9. The Morgan fingerprint density at radius 1 is 0.960 bits per heavy atom. The normalized spacial score (nSPS) is 15.6. The smallest absolute Gasteiger partial charge is 0.127 e. The molecule has 1 unspecified atom stereocenters. The average Bonchev–Trinajstić information content (AvgIpc) is 2.62.